The van der Waals surface area contributed by atoms with Crippen molar-refractivity contribution >= 4 is 5.91 Å². The Labute approximate surface area is 83.9 Å². The number of hydrogen-bond donors (Lipinski definition) is 0. The monoisotopic (exact) mass is 192 g/mol. The largest absolute Gasteiger partial charge is 0.484 e. The topological polar surface area (TPSA) is 50.1 Å². The minimum absolute atomic E-state index is 0.180. The lowest BCUT2D eigenvalue weighted by Gasteiger charge is -2.07. The highest BCUT2D eigenvalue weighted by atomic mass is 16.5. The molecule has 1 aromatic rings. The van der Waals surface area contributed by atoms with E-state index in [1.807, 2.05) is 24.3 Å². The zero-order chi connectivity index (χ0) is 10.6. The van der Waals surface area contributed by atoms with Gasteiger partial charge in [0, 0.05) is 0 Å². The molecule has 1 amide bonds. The summed E-state index contributed by atoms with van der Waals surface area (Å²) in [7, 11) is 0. The fraction of sp³-hybridized carbons (Fsp3) is 0.364. The van der Waals surface area contributed by atoms with Crippen LogP contribution in [0.1, 0.15) is 25.3 Å². The Morgan fingerprint density at radius 1 is 1.36 bits per heavy atom. The van der Waals surface area contributed by atoms with E-state index < -0.39 is 5.91 Å². The molecule has 0 aliphatic carbocycles. The van der Waals surface area contributed by atoms with Crippen LogP contribution in [0.4, 0.5) is 0 Å². The summed E-state index contributed by atoms with van der Waals surface area (Å²) in [5.74, 6) is 0.412. The van der Waals surface area contributed by atoms with Crippen LogP contribution in [0, 0.1) is 0 Å². The summed E-state index contributed by atoms with van der Waals surface area (Å²) in [4.78, 5) is 10.3. The predicted molar refractivity (Wildman–Crippen MR) is 54.1 cm³/mol. The average molecular weight is 192 g/mol. The lowest BCUT2D eigenvalue weighted by atomic mass is 10.0. The van der Waals surface area contributed by atoms with Crippen LogP contribution in [0.5, 0.6) is 5.75 Å². The highest BCUT2D eigenvalue weighted by Crippen LogP contribution is 2.18. The number of carbonyl (C=O) groups excluding carboxylic acids is 1. The average Bonchev–Trinajstić information content (AvgIpc) is 2.15. The highest BCUT2D eigenvalue weighted by molar-refractivity contribution is 5.74. The molecular formula is C11H14NO2. The van der Waals surface area contributed by atoms with Gasteiger partial charge in [-0.15, -0.1) is 0 Å². The van der Waals surface area contributed by atoms with Crippen molar-refractivity contribution in [2.24, 2.45) is 0 Å². The summed E-state index contributed by atoms with van der Waals surface area (Å²) < 4.78 is 5.07. The van der Waals surface area contributed by atoms with Gasteiger partial charge in [0.2, 0.25) is 0 Å². The number of benzene rings is 1. The first-order valence-corrected chi connectivity index (χ1v) is 4.57. The number of amides is 1. The van der Waals surface area contributed by atoms with Gasteiger partial charge in [-0.05, 0) is 23.6 Å². The molecule has 0 saturated heterocycles. The molecule has 0 heterocycles. The van der Waals surface area contributed by atoms with Crippen molar-refractivity contribution in [3.63, 3.8) is 0 Å². The summed E-state index contributed by atoms with van der Waals surface area (Å²) in [5, 5.41) is 0. The van der Waals surface area contributed by atoms with Gasteiger partial charge in [-0.3, -0.25) is 10.5 Å². The van der Waals surface area contributed by atoms with Crippen LogP contribution >= 0.6 is 0 Å². The maximum absolute atomic E-state index is 10.3. The first-order chi connectivity index (χ1) is 6.59. The van der Waals surface area contributed by atoms with Crippen LogP contribution in [-0.4, -0.2) is 12.5 Å². The maximum Gasteiger partial charge on any atom is 0.276 e. The molecular weight excluding hydrogens is 178 g/mol. The Balaban J connectivity index is 2.59. The Morgan fingerprint density at radius 3 is 2.36 bits per heavy atom. The van der Waals surface area contributed by atoms with Crippen molar-refractivity contribution in [1.29, 1.82) is 0 Å². The highest BCUT2D eigenvalue weighted by Gasteiger charge is 2.00. The molecule has 1 N–H and O–H groups in total. The SMILES string of the molecule is CC(C)c1ccc(OCC([NH])=O)cc1. The van der Waals surface area contributed by atoms with Gasteiger partial charge in [0.1, 0.15) is 5.75 Å². The zero-order valence-electron chi connectivity index (χ0n) is 8.41. The van der Waals surface area contributed by atoms with Crippen LogP contribution in [0.25, 0.3) is 0 Å². The molecule has 0 fully saturated rings. The van der Waals surface area contributed by atoms with E-state index in [9.17, 15) is 4.79 Å². The van der Waals surface area contributed by atoms with Crippen molar-refractivity contribution in [2.75, 3.05) is 6.61 Å². The first-order valence-electron chi connectivity index (χ1n) is 4.57. The van der Waals surface area contributed by atoms with E-state index in [0.29, 0.717) is 11.7 Å². The lowest BCUT2D eigenvalue weighted by molar-refractivity contribution is -0.120. The molecule has 3 nitrogen and oxygen atoms in total. The van der Waals surface area contributed by atoms with E-state index in [2.05, 4.69) is 13.8 Å². The molecule has 0 saturated carbocycles. The molecule has 0 aromatic heterocycles. The van der Waals surface area contributed by atoms with E-state index in [0.717, 1.165) is 0 Å². The molecule has 0 unspecified atom stereocenters. The van der Waals surface area contributed by atoms with Crippen LogP contribution in [-0.2, 0) is 4.79 Å². The molecule has 0 bridgehead atoms. The Hall–Kier alpha value is -1.51. The second-order valence-corrected chi connectivity index (χ2v) is 3.44. The Bertz CT molecular complexity index is 304. The van der Waals surface area contributed by atoms with Gasteiger partial charge in [-0.25, -0.2) is 0 Å². The second kappa shape index (κ2) is 4.65. The molecule has 1 rings (SSSR count). The van der Waals surface area contributed by atoms with Gasteiger partial charge >= 0.3 is 0 Å². The maximum atomic E-state index is 10.3. The summed E-state index contributed by atoms with van der Waals surface area (Å²) >= 11 is 0. The van der Waals surface area contributed by atoms with E-state index in [-0.39, 0.29) is 6.61 Å². The number of hydrogen-bond acceptors (Lipinski definition) is 2. The normalized spacial score (nSPS) is 10.2. The number of nitrogens with one attached hydrogen (secondary N) is 1. The van der Waals surface area contributed by atoms with E-state index in [1.165, 1.54) is 5.56 Å². The quantitative estimate of drug-likeness (QED) is 0.732. The molecule has 1 radical (unpaired) electrons. The molecule has 0 aliphatic heterocycles. The Morgan fingerprint density at radius 2 is 1.93 bits per heavy atom. The summed E-state index contributed by atoms with van der Waals surface area (Å²) in [5.41, 5.74) is 7.90. The minimum atomic E-state index is -0.710. The predicted octanol–water partition coefficient (Wildman–Crippen LogP) is 2.00. The first kappa shape index (κ1) is 10.6. The fourth-order valence-electron chi connectivity index (χ4n) is 1.10. The van der Waals surface area contributed by atoms with Gasteiger partial charge in [0.05, 0.1) is 0 Å². The third kappa shape index (κ3) is 3.09. The van der Waals surface area contributed by atoms with Gasteiger partial charge < -0.3 is 4.74 Å². The third-order valence-corrected chi connectivity index (χ3v) is 1.92. The van der Waals surface area contributed by atoms with Crippen molar-refractivity contribution in [2.45, 2.75) is 19.8 Å². The molecule has 0 spiro atoms. The van der Waals surface area contributed by atoms with Crippen LogP contribution in [0.15, 0.2) is 24.3 Å². The molecule has 14 heavy (non-hydrogen) atoms. The minimum Gasteiger partial charge on any atom is -0.484 e. The van der Waals surface area contributed by atoms with E-state index in [1.54, 1.807) is 0 Å². The van der Waals surface area contributed by atoms with Crippen molar-refractivity contribution in [3.05, 3.63) is 29.8 Å². The number of ether oxygens (including phenoxy) is 1. The smallest absolute Gasteiger partial charge is 0.276 e. The molecule has 3 heteroatoms. The molecule has 75 valence electrons. The van der Waals surface area contributed by atoms with Gasteiger partial charge in [-0.2, -0.15) is 0 Å². The second-order valence-electron chi connectivity index (χ2n) is 3.44. The molecule has 0 atom stereocenters. The van der Waals surface area contributed by atoms with Gasteiger partial charge in [0.25, 0.3) is 5.91 Å². The summed E-state index contributed by atoms with van der Waals surface area (Å²) in [6.07, 6.45) is 0. The lowest BCUT2D eigenvalue weighted by Crippen LogP contribution is -2.11. The van der Waals surface area contributed by atoms with Crippen LogP contribution in [0.2, 0.25) is 0 Å². The summed E-state index contributed by atoms with van der Waals surface area (Å²) in [6.45, 7) is 4.05. The van der Waals surface area contributed by atoms with Crippen LogP contribution in [0.3, 0.4) is 0 Å². The standard InChI is InChI=1S/C11H14NO2/c1-8(2)9-3-5-10(6-4-9)14-7-11(12)13/h3-6,8,12H,7H2,1-2H3. The Kier molecular flexibility index (Phi) is 3.51. The number of carbonyl (C=O) groups is 1. The summed E-state index contributed by atoms with van der Waals surface area (Å²) in [6, 6.07) is 7.57. The van der Waals surface area contributed by atoms with Crippen LogP contribution < -0.4 is 10.5 Å². The molecule has 1 aromatic carbocycles. The fourth-order valence-corrected chi connectivity index (χ4v) is 1.10. The molecule has 0 aliphatic rings. The third-order valence-electron chi connectivity index (χ3n) is 1.92. The van der Waals surface area contributed by atoms with Crippen molar-refractivity contribution in [1.82, 2.24) is 5.73 Å². The number of rotatable bonds is 4. The van der Waals surface area contributed by atoms with Crippen molar-refractivity contribution < 1.29 is 9.53 Å². The van der Waals surface area contributed by atoms with E-state index >= 15 is 0 Å². The van der Waals surface area contributed by atoms with Crippen molar-refractivity contribution in [3.8, 4) is 5.75 Å². The van der Waals surface area contributed by atoms with Gasteiger partial charge in [0.15, 0.2) is 6.61 Å². The van der Waals surface area contributed by atoms with Gasteiger partial charge in [-0.1, -0.05) is 26.0 Å². The van der Waals surface area contributed by atoms with E-state index in [4.69, 9.17) is 10.5 Å². The zero-order valence-corrected chi connectivity index (χ0v) is 8.41.